The van der Waals surface area contributed by atoms with Gasteiger partial charge in [-0.1, -0.05) is 22.9 Å². The quantitative estimate of drug-likeness (QED) is 0.258. The van der Waals surface area contributed by atoms with Crippen LogP contribution in [0.1, 0.15) is 20.8 Å². The van der Waals surface area contributed by atoms with Crippen LogP contribution in [0.4, 0.5) is 21.4 Å². The van der Waals surface area contributed by atoms with Gasteiger partial charge in [0.15, 0.2) is 0 Å². The van der Waals surface area contributed by atoms with E-state index in [4.69, 9.17) is 25.8 Å². The first-order valence-electron chi connectivity index (χ1n) is 11.2. The van der Waals surface area contributed by atoms with E-state index in [0.29, 0.717) is 32.5 Å². The fourth-order valence-electron chi connectivity index (χ4n) is 3.44. The molecule has 192 valence electrons. The summed E-state index contributed by atoms with van der Waals surface area (Å²) in [6, 6.07) is 14.5. The summed E-state index contributed by atoms with van der Waals surface area (Å²) < 4.78 is 16.6. The van der Waals surface area contributed by atoms with Crippen molar-refractivity contribution in [1.29, 1.82) is 0 Å². The minimum Gasteiger partial charge on any atom is -0.497 e. The molecular formula is C26H26ClN5O4S. The molecule has 11 heteroatoms. The second-order valence-electron chi connectivity index (χ2n) is 8.85. The highest BCUT2D eigenvalue weighted by molar-refractivity contribution is 7.18. The molecule has 0 saturated carbocycles. The molecule has 0 saturated heterocycles. The first kappa shape index (κ1) is 26.2. The molecule has 0 aliphatic heterocycles. The number of nitrogens with zero attached hydrogens (tertiary/aromatic N) is 3. The summed E-state index contributed by atoms with van der Waals surface area (Å²) in [5.41, 5.74) is 2.43. The molecule has 4 aromatic rings. The fraction of sp³-hybridized carbons (Fsp3) is 0.231. The summed E-state index contributed by atoms with van der Waals surface area (Å²) in [4.78, 5) is 16.6. The lowest BCUT2D eigenvalue weighted by molar-refractivity contribution is 0.0635. The predicted molar refractivity (Wildman–Crippen MR) is 146 cm³/mol. The van der Waals surface area contributed by atoms with Gasteiger partial charge in [0.25, 0.3) is 0 Å². The standard InChI is InChI=1S/C26H26ClN5O4S/c1-26(2,3)36-25(33)30-21-12-15(10-11-28-21)22-19(13-18(34-4)14-20(22)35-5)23-31-32-24(37-23)29-17-8-6-16(27)7-9-17/h6-14H,1-5H3,(H,29,32)(H,28,30,33). The number of ether oxygens (including phenoxy) is 3. The third kappa shape index (κ3) is 6.66. The zero-order valence-electron chi connectivity index (χ0n) is 21.0. The van der Waals surface area contributed by atoms with Crippen LogP contribution in [0.5, 0.6) is 11.5 Å². The third-order valence-electron chi connectivity index (χ3n) is 4.96. The first-order chi connectivity index (χ1) is 17.6. The van der Waals surface area contributed by atoms with Gasteiger partial charge in [0.2, 0.25) is 5.13 Å². The first-order valence-corrected chi connectivity index (χ1v) is 12.4. The molecule has 0 spiro atoms. The smallest absolute Gasteiger partial charge is 0.413 e. The van der Waals surface area contributed by atoms with E-state index in [1.807, 2.05) is 24.3 Å². The minimum atomic E-state index is -0.635. The van der Waals surface area contributed by atoms with Crippen LogP contribution in [-0.2, 0) is 4.74 Å². The highest BCUT2D eigenvalue weighted by Crippen LogP contribution is 2.44. The Hall–Kier alpha value is -3.89. The molecule has 2 aromatic heterocycles. The Bertz CT molecular complexity index is 1400. The summed E-state index contributed by atoms with van der Waals surface area (Å²) in [6.45, 7) is 5.38. The monoisotopic (exact) mass is 539 g/mol. The average molecular weight is 540 g/mol. The maximum atomic E-state index is 12.3. The summed E-state index contributed by atoms with van der Waals surface area (Å²) in [5.74, 6) is 1.49. The Kier molecular flexibility index (Phi) is 7.80. The molecule has 0 aliphatic rings. The van der Waals surface area contributed by atoms with E-state index in [-0.39, 0.29) is 0 Å². The number of amides is 1. The molecule has 0 radical (unpaired) electrons. The number of aromatic nitrogens is 3. The predicted octanol–water partition coefficient (Wildman–Crippen LogP) is 7.03. The Morgan fingerprint density at radius 3 is 2.43 bits per heavy atom. The van der Waals surface area contributed by atoms with Crippen LogP contribution in [-0.4, -0.2) is 41.1 Å². The van der Waals surface area contributed by atoms with Crippen molar-refractivity contribution >= 4 is 45.7 Å². The molecule has 0 atom stereocenters. The molecule has 0 unspecified atom stereocenters. The van der Waals surface area contributed by atoms with E-state index in [9.17, 15) is 4.79 Å². The molecule has 37 heavy (non-hydrogen) atoms. The van der Waals surface area contributed by atoms with E-state index < -0.39 is 11.7 Å². The van der Waals surface area contributed by atoms with E-state index in [2.05, 4.69) is 25.8 Å². The number of halogens is 1. The number of pyridine rings is 1. The van der Waals surface area contributed by atoms with E-state index >= 15 is 0 Å². The zero-order chi connectivity index (χ0) is 26.6. The molecule has 2 aromatic carbocycles. The van der Waals surface area contributed by atoms with Gasteiger partial charge in [-0.2, -0.15) is 0 Å². The number of carbonyl (C=O) groups is 1. The van der Waals surface area contributed by atoms with Crippen molar-refractivity contribution in [2.45, 2.75) is 26.4 Å². The van der Waals surface area contributed by atoms with Crippen molar-refractivity contribution < 1.29 is 19.0 Å². The van der Waals surface area contributed by atoms with E-state index in [1.54, 1.807) is 65.5 Å². The van der Waals surface area contributed by atoms with E-state index in [0.717, 1.165) is 22.4 Å². The van der Waals surface area contributed by atoms with Crippen LogP contribution in [0.2, 0.25) is 5.02 Å². The highest BCUT2D eigenvalue weighted by Gasteiger charge is 2.21. The lowest BCUT2D eigenvalue weighted by Gasteiger charge is -2.19. The van der Waals surface area contributed by atoms with Crippen molar-refractivity contribution in [2.75, 3.05) is 24.9 Å². The minimum absolute atomic E-state index is 0.331. The van der Waals surface area contributed by atoms with Crippen LogP contribution in [0, 0.1) is 0 Å². The van der Waals surface area contributed by atoms with Gasteiger partial charge in [-0.05, 0) is 68.8 Å². The molecule has 4 rings (SSSR count). The average Bonchev–Trinajstić information content (AvgIpc) is 3.32. The second kappa shape index (κ2) is 11.0. The SMILES string of the molecule is COc1cc(OC)c(-c2ccnc(NC(=O)OC(C)(C)C)c2)c(-c2nnc(Nc3ccc(Cl)cc3)s2)c1. The van der Waals surface area contributed by atoms with Gasteiger partial charge >= 0.3 is 6.09 Å². The molecule has 0 aliphatic carbocycles. The van der Waals surface area contributed by atoms with Crippen LogP contribution in [0.15, 0.2) is 54.7 Å². The van der Waals surface area contributed by atoms with Crippen molar-refractivity contribution in [3.05, 3.63) is 59.8 Å². The second-order valence-corrected chi connectivity index (χ2v) is 10.3. The molecule has 2 heterocycles. The Morgan fingerprint density at radius 1 is 1.00 bits per heavy atom. The van der Waals surface area contributed by atoms with Crippen LogP contribution >= 0.6 is 22.9 Å². The van der Waals surface area contributed by atoms with Crippen LogP contribution in [0.25, 0.3) is 21.7 Å². The summed E-state index contributed by atoms with van der Waals surface area (Å²) >= 11 is 7.36. The molecule has 2 N–H and O–H groups in total. The number of nitrogens with one attached hydrogen (secondary N) is 2. The van der Waals surface area contributed by atoms with Crippen molar-refractivity contribution in [3.63, 3.8) is 0 Å². The lowest BCUT2D eigenvalue weighted by Crippen LogP contribution is -2.27. The van der Waals surface area contributed by atoms with Crippen molar-refractivity contribution in [2.24, 2.45) is 0 Å². The molecular weight excluding hydrogens is 514 g/mol. The molecule has 9 nitrogen and oxygen atoms in total. The van der Waals surface area contributed by atoms with Gasteiger partial charge in [-0.15, -0.1) is 10.2 Å². The topological polar surface area (TPSA) is 107 Å². The van der Waals surface area contributed by atoms with Crippen LogP contribution < -0.4 is 20.1 Å². The largest absolute Gasteiger partial charge is 0.497 e. The summed E-state index contributed by atoms with van der Waals surface area (Å²) in [6.07, 6.45) is 1.00. The highest BCUT2D eigenvalue weighted by atomic mass is 35.5. The van der Waals surface area contributed by atoms with Gasteiger partial charge in [-0.25, -0.2) is 9.78 Å². The van der Waals surface area contributed by atoms with Crippen molar-refractivity contribution in [3.8, 4) is 33.2 Å². The number of methoxy groups -OCH3 is 2. The Labute approximate surface area is 223 Å². The van der Waals surface area contributed by atoms with Gasteiger partial charge in [0, 0.05) is 34.1 Å². The zero-order valence-corrected chi connectivity index (χ0v) is 22.5. The maximum Gasteiger partial charge on any atom is 0.413 e. The fourth-order valence-corrected chi connectivity index (χ4v) is 4.35. The number of hydrogen-bond acceptors (Lipinski definition) is 9. The molecule has 0 bridgehead atoms. The van der Waals surface area contributed by atoms with Gasteiger partial charge in [-0.3, -0.25) is 5.32 Å². The Balaban J connectivity index is 1.72. The van der Waals surface area contributed by atoms with E-state index in [1.165, 1.54) is 11.3 Å². The molecule has 0 fully saturated rings. The maximum absolute atomic E-state index is 12.3. The van der Waals surface area contributed by atoms with Gasteiger partial charge < -0.3 is 19.5 Å². The van der Waals surface area contributed by atoms with Crippen molar-refractivity contribution in [1.82, 2.24) is 15.2 Å². The number of anilines is 3. The van der Waals surface area contributed by atoms with Crippen LogP contribution in [0.3, 0.4) is 0 Å². The van der Waals surface area contributed by atoms with Gasteiger partial charge in [0.1, 0.15) is 27.9 Å². The number of hydrogen-bond donors (Lipinski definition) is 2. The normalized spacial score (nSPS) is 11.1. The number of carbonyl (C=O) groups excluding carboxylic acids is 1. The number of benzene rings is 2. The molecule has 1 amide bonds. The lowest BCUT2D eigenvalue weighted by atomic mass is 9.99. The Morgan fingerprint density at radius 2 is 1.76 bits per heavy atom. The van der Waals surface area contributed by atoms with Gasteiger partial charge in [0.05, 0.1) is 14.2 Å². The third-order valence-corrected chi connectivity index (χ3v) is 6.08. The summed E-state index contributed by atoms with van der Waals surface area (Å²) in [5, 5.41) is 16.5. The summed E-state index contributed by atoms with van der Waals surface area (Å²) in [7, 11) is 3.16. The number of rotatable bonds is 7.